The van der Waals surface area contributed by atoms with Crippen LogP contribution in [0.5, 0.6) is 0 Å². The molecule has 0 bridgehead atoms. The van der Waals surface area contributed by atoms with Gasteiger partial charge in [0, 0.05) is 13.0 Å². The number of carbonyl (C=O) groups excluding carboxylic acids is 1. The number of hydrogen-bond donors (Lipinski definition) is 1. The van der Waals surface area contributed by atoms with Gasteiger partial charge in [0.25, 0.3) is 0 Å². The van der Waals surface area contributed by atoms with Gasteiger partial charge >= 0.3 is 0 Å². The number of terminal acetylenes is 1. The van der Waals surface area contributed by atoms with Crippen LogP contribution in [0.4, 0.5) is 0 Å². The average molecular weight is 236 g/mol. The summed E-state index contributed by atoms with van der Waals surface area (Å²) >= 11 is 0. The third kappa shape index (κ3) is 4.40. The smallest absolute Gasteiger partial charge is 0.223 e. The highest BCUT2D eigenvalue weighted by Gasteiger charge is 2.23. The molecule has 96 valence electrons. The number of amides is 1. The average Bonchev–Trinajstić information content (AvgIpc) is 2.36. The Hall–Kier alpha value is -1.01. The van der Waals surface area contributed by atoms with Gasteiger partial charge in [-0.2, -0.15) is 0 Å². The Labute approximate surface area is 105 Å². The van der Waals surface area contributed by atoms with Crippen LogP contribution in [-0.4, -0.2) is 37.0 Å². The molecule has 1 saturated heterocycles. The van der Waals surface area contributed by atoms with E-state index in [1.165, 1.54) is 12.8 Å². The fraction of sp³-hybridized carbons (Fsp3) is 0.786. The second-order valence-electron chi connectivity index (χ2n) is 4.90. The van der Waals surface area contributed by atoms with Gasteiger partial charge in [0.1, 0.15) is 0 Å². The van der Waals surface area contributed by atoms with E-state index in [0.29, 0.717) is 31.3 Å². The molecular formula is C14H24N2O. The third-order valence-electron chi connectivity index (χ3n) is 3.65. The lowest BCUT2D eigenvalue weighted by molar-refractivity contribution is -0.131. The first-order chi connectivity index (χ1) is 8.19. The summed E-state index contributed by atoms with van der Waals surface area (Å²) in [5.41, 5.74) is 0. The van der Waals surface area contributed by atoms with Crippen molar-refractivity contribution in [2.45, 2.75) is 33.1 Å². The summed E-state index contributed by atoms with van der Waals surface area (Å²) < 4.78 is 0. The first-order valence-corrected chi connectivity index (χ1v) is 6.61. The van der Waals surface area contributed by atoms with Crippen LogP contribution in [-0.2, 0) is 4.79 Å². The van der Waals surface area contributed by atoms with Gasteiger partial charge in [-0.05, 0) is 44.7 Å². The molecule has 0 aromatic carbocycles. The molecule has 1 amide bonds. The van der Waals surface area contributed by atoms with E-state index < -0.39 is 0 Å². The molecular weight excluding hydrogens is 212 g/mol. The zero-order valence-corrected chi connectivity index (χ0v) is 11.0. The molecule has 0 aromatic heterocycles. The van der Waals surface area contributed by atoms with Crippen LogP contribution >= 0.6 is 0 Å². The minimum atomic E-state index is 0.198. The molecule has 1 heterocycles. The van der Waals surface area contributed by atoms with E-state index in [9.17, 15) is 4.79 Å². The molecule has 3 nitrogen and oxygen atoms in total. The molecule has 17 heavy (non-hydrogen) atoms. The molecule has 3 heteroatoms. The molecule has 0 saturated carbocycles. The Morgan fingerprint density at radius 3 is 2.94 bits per heavy atom. The number of rotatable bonds is 5. The minimum absolute atomic E-state index is 0.198. The Balaban J connectivity index is 2.40. The highest BCUT2D eigenvalue weighted by Crippen LogP contribution is 2.23. The van der Waals surface area contributed by atoms with Gasteiger partial charge in [-0.1, -0.05) is 12.8 Å². The van der Waals surface area contributed by atoms with Crippen molar-refractivity contribution < 1.29 is 4.79 Å². The monoisotopic (exact) mass is 236 g/mol. The summed E-state index contributed by atoms with van der Waals surface area (Å²) in [5, 5.41) is 3.40. The third-order valence-corrected chi connectivity index (χ3v) is 3.65. The molecule has 0 aliphatic carbocycles. The molecule has 2 atom stereocenters. The Kier molecular flexibility index (Phi) is 6.07. The van der Waals surface area contributed by atoms with Crippen LogP contribution in [0.3, 0.4) is 0 Å². The maximum absolute atomic E-state index is 12.0. The summed E-state index contributed by atoms with van der Waals surface area (Å²) in [6, 6.07) is 0. The second kappa shape index (κ2) is 7.34. The van der Waals surface area contributed by atoms with Crippen molar-refractivity contribution in [3.63, 3.8) is 0 Å². The maximum atomic E-state index is 12.0. The summed E-state index contributed by atoms with van der Waals surface area (Å²) in [7, 11) is 0. The van der Waals surface area contributed by atoms with Crippen molar-refractivity contribution in [1.29, 1.82) is 0 Å². The highest BCUT2D eigenvalue weighted by molar-refractivity contribution is 5.76. The summed E-state index contributed by atoms with van der Waals surface area (Å²) in [4.78, 5) is 13.8. The lowest BCUT2D eigenvalue weighted by Crippen LogP contribution is -2.37. The SMILES string of the molecule is C#CCN(CC)C(=O)CC(C)C1CCCNC1. The van der Waals surface area contributed by atoms with Crippen LogP contribution < -0.4 is 5.32 Å². The van der Waals surface area contributed by atoms with Crippen molar-refractivity contribution in [1.82, 2.24) is 10.2 Å². The Morgan fingerprint density at radius 2 is 2.41 bits per heavy atom. The normalized spacial score (nSPS) is 21.6. The molecule has 0 spiro atoms. The number of carbonyl (C=O) groups is 1. The van der Waals surface area contributed by atoms with Gasteiger partial charge < -0.3 is 10.2 Å². The number of nitrogens with zero attached hydrogens (tertiary/aromatic N) is 1. The van der Waals surface area contributed by atoms with Gasteiger partial charge in [0.15, 0.2) is 0 Å². The zero-order chi connectivity index (χ0) is 12.7. The predicted octanol–water partition coefficient (Wildman–Crippen LogP) is 1.49. The topological polar surface area (TPSA) is 32.3 Å². The van der Waals surface area contributed by atoms with E-state index in [1.807, 2.05) is 6.92 Å². The summed E-state index contributed by atoms with van der Waals surface area (Å²) in [6.07, 6.45) is 8.36. The molecule has 2 unspecified atom stereocenters. The van der Waals surface area contributed by atoms with Crippen molar-refractivity contribution in [3.05, 3.63) is 0 Å². The van der Waals surface area contributed by atoms with Gasteiger partial charge in [-0.3, -0.25) is 4.79 Å². The number of hydrogen-bond acceptors (Lipinski definition) is 2. The molecule has 1 rings (SSSR count). The quantitative estimate of drug-likeness (QED) is 0.734. The van der Waals surface area contributed by atoms with Gasteiger partial charge in [0.05, 0.1) is 6.54 Å². The summed E-state index contributed by atoms with van der Waals surface area (Å²) in [6.45, 7) is 7.47. The molecule has 1 aliphatic rings. The minimum Gasteiger partial charge on any atom is -0.332 e. The van der Waals surface area contributed by atoms with Crippen LogP contribution in [0.25, 0.3) is 0 Å². The molecule has 0 radical (unpaired) electrons. The maximum Gasteiger partial charge on any atom is 0.223 e. The fourth-order valence-corrected chi connectivity index (χ4v) is 2.42. The fourth-order valence-electron chi connectivity index (χ4n) is 2.42. The number of nitrogens with one attached hydrogen (secondary N) is 1. The van der Waals surface area contributed by atoms with E-state index in [1.54, 1.807) is 4.90 Å². The summed E-state index contributed by atoms with van der Waals surface area (Å²) in [5.74, 6) is 3.83. The largest absolute Gasteiger partial charge is 0.332 e. The van der Waals surface area contributed by atoms with Crippen LogP contribution in [0.2, 0.25) is 0 Å². The van der Waals surface area contributed by atoms with E-state index in [4.69, 9.17) is 6.42 Å². The van der Waals surface area contributed by atoms with Gasteiger partial charge in [0.2, 0.25) is 5.91 Å². The van der Waals surface area contributed by atoms with Crippen molar-refractivity contribution in [2.75, 3.05) is 26.2 Å². The first kappa shape index (κ1) is 14.1. The Bertz CT molecular complexity index is 276. The second-order valence-corrected chi connectivity index (χ2v) is 4.90. The first-order valence-electron chi connectivity index (χ1n) is 6.61. The highest BCUT2D eigenvalue weighted by atomic mass is 16.2. The lowest BCUT2D eigenvalue weighted by atomic mass is 9.85. The van der Waals surface area contributed by atoms with E-state index in [-0.39, 0.29) is 5.91 Å². The Morgan fingerprint density at radius 1 is 1.65 bits per heavy atom. The molecule has 1 N–H and O–H groups in total. The van der Waals surface area contributed by atoms with Crippen molar-refractivity contribution in [2.24, 2.45) is 11.8 Å². The lowest BCUT2D eigenvalue weighted by Gasteiger charge is -2.29. The molecule has 1 fully saturated rings. The standard InChI is InChI=1S/C14H24N2O/c1-4-9-16(5-2)14(17)10-12(3)13-7-6-8-15-11-13/h1,12-13,15H,5-11H2,2-3H3. The van der Waals surface area contributed by atoms with E-state index >= 15 is 0 Å². The van der Waals surface area contributed by atoms with E-state index in [0.717, 1.165) is 13.1 Å². The van der Waals surface area contributed by atoms with Crippen LogP contribution in [0.15, 0.2) is 0 Å². The molecule has 0 aromatic rings. The van der Waals surface area contributed by atoms with Crippen LogP contribution in [0, 0.1) is 24.2 Å². The van der Waals surface area contributed by atoms with Gasteiger partial charge in [-0.15, -0.1) is 6.42 Å². The van der Waals surface area contributed by atoms with E-state index in [2.05, 4.69) is 18.2 Å². The van der Waals surface area contributed by atoms with Gasteiger partial charge in [-0.25, -0.2) is 0 Å². The van der Waals surface area contributed by atoms with Crippen molar-refractivity contribution in [3.8, 4) is 12.3 Å². The number of piperidine rings is 1. The zero-order valence-electron chi connectivity index (χ0n) is 11.0. The van der Waals surface area contributed by atoms with Crippen LogP contribution in [0.1, 0.15) is 33.1 Å². The molecule has 1 aliphatic heterocycles. The van der Waals surface area contributed by atoms with Crippen molar-refractivity contribution >= 4 is 5.91 Å². The predicted molar refractivity (Wildman–Crippen MR) is 70.5 cm³/mol.